The van der Waals surface area contributed by atoms with Crippen LogP contribution in [0.15, 0.2) is 66.9 Å². The molecule has 0 unspecified atom stereocenters. The number of benzene rings is 2. The molecule has 3 rings (SSSR count). The van der Waals surface area contributed by atoms with Crippen LogP contribution in [0, 0.1) is 19.3 Å². The van der Waals surface area contributed by atoms with Gasteiger partial charge in [0, 0.05) is 23.4 Å². The van der Waals surface area contributed by atoms with Gasteiger partial charge in [0.05, 0.1) is 0 Å². The summed E-state index contributed by atoms with van der Waals surface area (Å²) in [5.74, 6) is 3.32. The fourth-order valence-corrected chi connectivity index (χ4v) is 2.33. The zero-order chi connectivity index (χ0) is 16.1. The second-order valence-corrected chi connectivity index (χ2v) is 5.33. The third kappa shape index (κ3) is 3.59. The monoisotopic (exact) mass is 299 g/mol. The van der Waals surface area contributed by atoms with Crippen molar-refractivity contribution in [2.24, 2.45) is 0 Å². The minimum absolute atomic E-state index is 0.513. The van der Waals surface area contributed by atoms with Gasteiger partial charge in [0.25, 0.3) is 0 Å². The normalized spacial score (nSPS) is 10.1. The maximum atomic E-state index is 5.70. The van der Waals surface area contributed by atoms with Crippen molar-refractivity contribution in [3.8, 4) is 29.4 Å². The number of aromatic nitrogens is 1. The van der Waals surface area contributed by atoms with E-state index in [9.17, 15) is 0 Å². The predicted octanol–water partition coefficient (Wildman–Crippen LogP) is 4.62. The summed E-state index contributed by atoms with van der Waals surface area (Å²) < 4.78 is 5.70. The van der Waals surface area contributed by atoms with Crippen molar-refractivity contribution in [1.29, 1.82) is 0 Å². The van der Waals surface area contributed by atoms with Crippen molar-refractivity contribution in [2.45, 2.75) is 13.5 Å². The Morgan fingerprint density at radius 2 is 1.78 bits per heavy atom. The topological polar surface area (TPSA) is 22.1 Å². The first-order valence-electron chi connectivity index (χ1n) is 7.46. The van der Waals surface area contributed by atoms with E-state index in [1.54, 1.807) is 0 Å². The average molecular weight is 299 g/mol. The van der Waals surface area contributed by atoms with Crippen molar-refractivity contribution >= 4 is 0 Å². The van der Waals surface area contributed by atoms with Gasteiger partial charge in [-0.25, -0.2) is 4.98 Å². The molecule has 2 heteroatoms. The minimum atomic E-state index is 0.513. The van der Waals surface area contributed by atoms with E-state index in [-0.39, 0.29) is 0 Å². The van der Waals surface area contributed by atoms with Crippen LogP contribution in [0.25, 0.3) is 11.1 Å². The van der Waals surface area contributed by atoms with Crippen molar-refractivity contribution in [1.82, 2.24) is 4.98 Å². The van der Waals surface area contributed by atoms with E-state index in [4.69, 9.17) is 11.2 Å². The molecule has 0 aliphatic rings. The molecule has 0 fully saturated rings. The summed E-state index contributed by atoms with van der Waals surface area (Å²) in [4.78, 5) is 4.37. The molecule has 0 amide bonds. The maximum Gasteiger partial charge on any atom is 0.213 e. The highest BCUT2D eigenvalue weighted by atomic mass is 16.5. The van der Waals surface area contributed by atoms with Crippen LogP contribution in [-0.2, 0) is 6.61 Å². The molecular weight excluding hydrogens is 282 g/mol. The van der Waals surface area contributed by atoms with Gasteiger partial charge in [0.1, 0.15) is 6.61 Å². The van der Waals surface area contributed by atoms with Crippen LogP contribution < -0.4 is 4.74 Å². The molecule has 0 aliphatic heterocycles. The summed E-state index contributed by atoms with van der Waals surface area (Å²) in [6.07, 6.45) is 7.34. The van der Waals surface area contributed by atoms with Gasteiger partial charge in [-0.1, -0.05) is 48.4 Å². The highest BCUT2D eigenvalue weighted by molar-refractivity contribution is 5.65. The standard InChI is InChI=1S/C21H17NO/c1-3-18-13-19(10-9-16(18)2)20-11-12-21(22-14-20)23-15-17-7-5-4-6-8-17/h1,4-14H,15H2,2H3. The molecule has 0 aliphatic carbocycles. The summed E-state index contributed by atoms with van der Waals surface area (Å²) in [5.41, 5.74) is 5.22. The van der Waals surface area contributed by atoms with Crippen molar-refractivity contribution < 1.29 is 4.74 Å². The summed E-state index contributed by atoms with van der Waals surface area (Å²) in [7, 11) is 0. The van der Waals surface area contributed by atoms with Crippen LogP contribution in [0.4, 0.5) is 0 Å². The number of rotatable bonds is 4. The molecule has 3 aromatic rings. The molecule has 0 saturated carbocycles. The van der Waals surface area contributed by atoms with Gasteiger partial charge in [0.2, 0.25) is 5.88 Å². The second-order valence-electron chi connectivity index (χ2n) is 5.33. The van der Waals surface area contributed by atoms with E-state index >= 15 is 0 Å². The number of hydrogen-bond donors (Lipinski definition) is 0. The van der Waals surface area contributed by atoms with Crippen LogP contribution in [0.5, 0.6) is 5.88 Å². The molecular formula is C21H17NO. The first-order valence-corrected chi connectivity index (χ1v) is 7.46. The lowest BCUT2D eigenvalue weighted by atomic mass is 10.0. The van der Waals surface area contributed by atoms with Gasteiger partial charge < -0.3 is 4.74 Å². The smallest absolute Gasteiger partial charge is 0.213 e. The number of hydrogen-bond acceptors (Lipinski definition) is 2. The highest BCUT2D eigenvalue weighted by Crippen LogP contribution is 2.23. The molecule has 2 nitrogen and oxygen atoms in total. The molecule has 0 bridgehead atoms. The third-order valence-corrected chi connectivity index (χ3v) is 3.69. The molecule has 23 heavy (non-hydrogen) atoms. The zero-order valence-electron chi connectivity index (χ0n) is 13.0. The fraction of sp³-hybridized carbons (Fsp3) is 0.0952. The Labute approximate surface area is 136 Å². The van der Waals surface area contributed by atoms with Crippen molar-refractivity contribution in [3.05, 3.63) is 83.6 Å². The third-order valence-electron chi connectivity index (χ3n) is 3.69. The van der Waals surface area contributed by atoms with Crippen LogP contribution >= 0.6 is 0 Å². The molecule has 0 atom stereocenters. The number of terminal acetylenes is 1. The number of nitrogens with zero attached hydrogens (tertiary/aromatic N) is 1. The SMILES string of the molecule is C#Cc1cc(-c2ccc(OCc3ccccc3)nc2)ccc1C. The van der Waals surface area contributed by atoms with E-state index in [1.165, 1.54) is 0 Å². The first kappa shape index (κ1) is 14.9. The van der Waals surface area contributed by atoms with E-state index in [0.717, 1.165) is 27.8 Å². The number of ether oxygens (including phenoxy) is 1. The van der Waals surface area contributed by atoms with Crippen LogP contribution in [0.1, 0.15) is 16.7 Å². The van der Waals surface area contributed by atoms with Gasteiger partial charge >= 0.3 is 0 Å². The molecule has 0 saturated heterocycles. The average Bonchev–Trinajstić information content (AvgIpc) is 2.62. The highest BCUT2D eigenvalue weighted by Gasteiger charge is 2.03. The van der Waals surface area contributed by atoms with Crippen LogP contribution in [0.3, 0.4) is 0 Å². The van der Waals surface area contributed by atoms with Gasteiger partial charge in [-0.15, -0.1) is 6.42 Å². The van der Waals surface area contributed by atoms with Gasteiger partial charge in [-0.2, -0.15) is 0 Å². The first-order chi connectivity index (χ1) is 11.3. The van der Waals surface area contributed by atoms with Crippen molar-refractivity contribution in [2.75, 3.05) is 0 Å². The van der Waals surface area contributed by atoms with E-state index in [1.807, 2.05) is 67.7 Å². The summed E-state index contributed by atoms with van der Waals surface area (Å²) in [6.45, 7) is 2.52. The number of pyridine rings is 1. The number of aryl methyl sites for hydroxylation is 1. The van der Waals surface area contributed by atoms with Gasteiger partial charge in [-0.05, 0) is 35.7 Å². The Balaban J connectivity index is 1.73. The molecule has 2 aromatic carbocycles. The minimum Gasteiger partial charge on any atom is -0.473 e. The lowest BCUT2D eigenvalue weighted by molar-refractivity contribution is 0.294. The zero-order valence-corrected chi connectivity index (χ0v) is 13.0. The Morgan fingerprint density at radius 3 is 2.48 bits per heavy atom. The summed E-state index contributed by atoms with van der Waals surface area (Å²) >= 11 is 0. The second kappa shape index (κ2) is 6.81. The molecule has 1 aromatic heterocycles. The predicted molar refractivity (Wildman–Crippen MR) is 93.1 cm³/mol. The Hall–Kier alpha value is -3.05. The van der Waals surface area contributed by atoms with Gasteiger partial charge in [0.15, 0.2) is 0 Å². The molecule has 0 spiro atoms. The van der Waals surface area contributed by atoms with E-state index in [2.05, 4.69) is 17.0 Å². The lowest BCUT2D eigenvalue weighted by Crippen LogP contribution is -1.96. The van der Waals surface area contributed by atoms with Gasteiger partial charge in [-0.3, -0.25) is 0 Å². The Morgan fingerprint density at radius 1 is 1.00 bits per heavy atom. The molecule has 1 heterocycles. The summed E-state index contributed by atoms with van der Waals surface area (Å²) in [6, 6.07) is 20.0. The fourth-order valence-electron chi connectivity index (χ4n) is 2.33. The van der Waals surface area contributed by atoms with Crippen LogP contribution in [-0.4, -0.2) is 4.98 Å². The van der Waals surface area contributed by atoms with Crippen molar-refractivity contribution in [3.63, 3.8) is 0 Å². The quantitative estimate of drug-likeness (QED) is 0.656. The molecule has 112 valence electrons. The summed E-state index contributed by atoms with van der Waals surface area (Å²) in [5, 5.41) is 0. The maximum absolute atomic E-state index is 5.70. The van der Waals surface area contributed by atoms with Crippen LogP contribution in [0.2, 0.25) is 0 Å². The Bertz CT molecular complexity index is 830. The Kier molecular flexibility index (Phi) is 4.40. The largest absolute Gasteiger partial charge is 0.473 e. The molecule has 0 radical (unpaired) electrons. The van der Waals surface area contributed by atoms with E-state index in [0.29, 0.717) is 12.5 Å². The van der Waals surface area contributed by atoms with E-state index < -0.39 is 0 Å². The lowest BCUT2D eigenvalue weighted by Gasteiger charge is -2.07. The molecule has 0 N–H and O–H groups in total.